The van der Waals surface area contributed by atoms with Gasteiger partial charge in [0, 0.05) is 6.42 Å². The number of aromatic carboxylic acids is 1. The van der Waals surface area contributed by atoms with E-state index in [1.807, 2.05) is 30.3 Å². The van der Waals surface area contributed by atoms with Crippen molar-refractivity contribution in [3.63, 3.8) is 0 Å². The van der Waals surface area contributed by atoms with Crippen molar-refractivity contribution in [1.82, 2.24) is 0 Å². The Labute approximate surface area is 108 Å². The van der Waals surface area contributed by atoms with Gasteiger partial charge in [-0.3, -0.25) is 4.79 Å². The quantitative estimate of drug-likeness (QED) is 0.828. The van der Waals surface area contributed by atoms with Crippen molar-refractivity contribution in [2.45, 2.75) is 6.42 Å². The Bertz CT molecular complexity index is 590. The Hall–Kier alpha value is -2.14. The van der Waals surface area contributed by atoms with Gasteiger partial charge in [0.05, 0.1) is 10.4 Å². The van der Waals surface area contributed by atoms with E-state index >= 15 is 0 Å². The number of ketones is 1. The van der Waals surface area contributed by atoms with Crippen molar-refractivity contribution in [3.8, 4) is 0 Å². The summed E-state index contributed by atoms with van der Waals surface area (Å²) in [5.74, 6) is -1.23. The number of hydrogen-bond donors (Lipinski definition) is 2. The molecule has 5 heteroatoms. The maximum absolute atomic E-state index is 12.0. The molecule has 1 aromatic carbocycles. The Morgan fingerprint density at radius 2 is 1.89 bits per heavy atom. The van der Waals surface area contributed by atoms with Crippen LogP contribution in [0.3, 0.4) is 0 Å². The minimum absolute atomic E-state index is 0.00332. The molecule has 0 radical (unpaired) electrons. The lowest BCUT2D eigenvalue weighted by atomic mass is 10.1. The fourth-order valence-electron chi connectivity index (χ4n) is 1.58. The molecule has 4 nitrogen and oxygen atoms in total. The van der Waals surface area contributed by atoms with E-state index in [9.17, 15) is 9.59 Å². The lowest BCUT2D eigenvalue weighted by molar-refractivity contribution is 0.0698. The number of thiophene rings is 1. The molecule has 0 unspecified atom stereocenters. The molecule has 0 bridgehead atoms. The third kappa shape index (κ3) is 2.57. The molecule has 0 amide bonds. The second-order valence-corrected chi connectivity index (χ2v) is 4.86. The van der Waals surface area contributed by atoms with Gasteiger partial charge in [0.1, 0.15) is 5.00 Å². The number of rotatable bonds is 4. The molecule has 3 N–H and O–H groups in total. The van der Waals surface area contributed by atoms with Crippen molar-refractivity contribution in [1.29, 1.82) is 0 Å². The van der Waals surface area contributed by atoms with Crippen LogP contribution in [-0.2, 0) is 6.42 Å². The molecule has 1 heterocycles. The molecular weight excluding hydrogens is 250 g/mol. The van der Waals surface area contributed by atoms with Crippen LogP contribution < -0.4 is 5.73 Å². The molecule has 1 aromatic heterocycles. The highest BCUT2D eigenvalue weighted by Gasteiger charge is 2.17. The van der Waals surface area contributed by atoms with E-state index < -0.39 is 5.97 Å². The van der Waals surface area contributed by atoms with Crippen molar-refractivity contribution in [2.24, 2.45) is 0 Å². The Balaban J connectivity index is 2.20. The molecule has 0 spiro atoms. The fraction of sp³-hybridized carbons (Fsp3) is 0.0769. The largest absolute Gasteiger partial charge is 0.478 e. The number of carbonyl (C=O) groups is 2. The van der Waals surface area contributed by atoms with E-state index in [-0.39, 0.29) is 22.8 Å². The topological polar surface area (TPSA) is 80.4 Å². The molecule has 2 rings (SSSR count). The fourth-order valence-corrected chi connectivity index (χ4v) is 2.43. The first-order chi connectivity index (χ1) is 8.58. The van der Waals surface area contributed by atoms with Crippen LogP contribution in [0.5, 0.6) is 0 Å². The first kappa shape index (κ1) is 12.3. The predicted octanol–water partition coefficient (Wildman–Crippen LogP) is 2.45. The van der Waals surface area contributed by atoms with Gasteiger partial charge in [0.2, 0.25) is 0 Å². The summed E-state index contributed by atoms with van der Waals surface area (Å²) in [4.78, 5) is 23.2. The predicted molar refractivity (Wildman–Crippen MR) is 70.2 cm³/mol. The summed E-state index contributed by atoms with van der Waals surface area (Å²) in [6, 6.07) is 10.6. The zero-order chi connectivity index (χ0) is 13.1. The Morgan fingerprint density at radius 1 is 1.22 bits per heavy atom. The summed E-state index contributed by atoms with van der Waals surface area (Å²) in [6.07, 6.45) is 0.250. The monoisotopic (exact) mass is 261 g/mol. The van der Waals surface area contributed by atoms with Gasteiger partial charge in [-0.2, -0.15) is 0 Å². The molecule has 92 valence electrons. The second-order valence-electron chi connectivity index (χ2n) is 3.78. The lowest BCUT2D eigenvalue weighted by Crippen LogP contribution is -2.01. The maximum Gasteiger partial charge on any atom is 0.338 e. The van der Waals surface area contributed by atoms with Crippen molar-refractivity contribution in [2.75, 3.05) is 5.73 Å². The number of carboxylic acid groups (broad SMARTS) is 1. The van der Waals surface area contributed by atoms with Crippen molar-refractivity contribution in [3.05, 3.63) is 52.4 Å². The van der Waals surface area contributed by atoms with Crippen LogP contribution in [-0.4, -0.2) is 16.9 Å². The third-order valence-corrected chi connectivity index (χ3v) is 3.48. The molecule has 18 heavy (non-hydrogen) atoms. The minimum Gasteiger partial charge on any atom is -0.478 e. The summed E-state index contributed by atoms with van der Waals surface area (Å²) < 4.78 is 0. The van der Waals surface area contributed by atoms with E-state index in [4.69, 9.17) is 10.8 Å². The number of Topliss-reactive ketones (excluding diaryl/α,β-unsaturated/α-hetero) is 1. The number of nitrogen functional groups attached to an aromatic ring is 1. The highest BCUT2D eigenvalue weighted by Crippen LogP contribution is 2.26. The van der Waals surface area contributed by atoms with Gasteiger partial charge >= 0.3 is 5.97 Å². The molecule has 0 aliphatic carbocycles. The van der Waals surface area contributed by atoms with Crippen LogP contribution in [0.1, 0.15) is 25.6 Å². The lowest BCUT2D eigenvalue weighted by Gasteiger charge is -1.97. The van der Waals surface area contributed by atoms with E-state index in [2.05, 4.69) is 0 Å². The van der Waals surface area contributed by atoms with E-state index in [1.165, 1.54) is 6.07 Å². The standard InChI is InChI=1S/C13H11NO3S/c14-12-9(13(16)17)7-11(18-12)10(15)6-8-4-2-1-3-5-8/h1-5,7H,6,14H2,(H,16,17). The average molecular weight is 261 g/mol. The van der Waals surface area contributed by atoms with E-state index in [0.717, 1.165) is 16.9 Å². The van der Waals surface area contributed by atoms with Crippen LogP contribution >= 0.6 is 11.3 Å². The number of hydrogen-bond acceptors (Lipinski definition) is 4. The van der Waals surface area contributed by atoms with Crippen LogP contribution in [0, 0.1) is 0 Å². The molecule has 0 aliphatic heterocycles. The van der Waals surface area contributed by atoms with Crippen molar-refractivity contribution < 1.29 is 14.7 Å². The van der Waals surface area contributed by atoms with E-state index in [0.29, 0.717) is 4.88 Å². The van der Waals surface area contributed by atoms with Crippen LogP contribution in [0.2, 0.25) is 0 Å². The molecule has 0 saturated carbocycles. The smallest absolute Gasteiger partial charge is 0.338 e. The molecule has 0 atom stereocenters. The highest BCUT2D eigenvalue weighted by atomic mass is 32.1. The van der Waals surface area contributed by atoms with Gasteiger partial charge in [0.15, 0.2) is 5.78 Å². The summed E-state index contributed by atoms with van der Waals surface area (Å²) in [6.45, 7) is 0. The Morgan fingerprint density at radius 3 is 2.44 bits per heavy atom. The first-order valence-corrected chi connectivity index (χ1v) is 6.09. The third-order valence-electron chi connectivity index (χ3n) is 2.47. The number of carboxylic acids is 1. The Kier molecular flexibility index (Phi) is 3.43. The molecule has 0 fully saturated rings. The highest BCUT2D eigenvalue weighted by molar-refractivity contribution is 7.18. The van der Waals surface area contributed by atoms with Gasteiger partial charge < -0.3 is 10.8 Å². The maximum atomic E-state index is 12.0. The number of nitrogens with two attached hydrogens (primary N) is 1. The molecule has 0 saturated heterocycles. The normalized spacial score (nSPS) is 10.2. The van der Waals surface area contributed by atoms with Gasteiger partial charge in [0.25, 0.3) is 0 Å². The summed E-state index contributed by atoms with van der Waals surface area (Å²) in [5.41, 5.74) is 6.45. The zero-order valence-corrected chi connectivity index (χ0v) is 10.2. The number of carbonyl (C=O) groups excluding carboxylic acids is 1. The SMILES string of the molecule is Nc1sc(C(=O)Cc2ccccc2)cc1C(=O)O. The molecule has 0 aliphatic rings. The van der Waals surface area contributed by atoms with Gasteiger partial charge in [-0.1, -0.05) is 30.3 Å². The zero-order valence-electron chi connectivity index (χ0n) is 9.42. The minimum atomic E-state index is -1.11. The van der Waals surface area contributed by atoms with Crippen LogP contribution in [0.15, 0.2) is 36.4 Å². The number of anilines is 1. The summed E-state index contributed by atoms with van der Waals surface area (Å²) >= 11 is 1.02. The summed E-state index contributed by atoms with van der Waals surface area (Å²) in [7, 11) is 0. The van der Waals surface area contributed by atoms with Crippen LogP contribution in [0.25, 0.3) is 0 Å². The van der Waals surface area contributed by atoms with Gasteiger partial charge in [-0.25, -0.2) is 4.79 Å². The van der Waals surface area contributed by atoms with Gasteiger partial charge in [-0.15, -0.1) is 11.3 Å². The van der Waals surface area contributed by atoms with Crippen molar-refractivity contribution >= 4 is 28.1 Å². The molecule has 2 aromatic rings. The molecular formula is C13H11NO3S. The van der Waals surface area contributed by atoms with E-state index in [1.54, 1.807) is 0 Å². The second kappa shape index (κ2) is 5.01. The first-order valence-electron chi connectivity index (χ1n) is 5.27. The van der Waals surface area contributed by atoms with Gasteiger partial charge in [-0.05, 0) is 11.6 Å². The number of benzene rings is 1. The average Bonchev–Trinajstić information content (AvgIpc) is 2.73. The van der Waals surface area contributed by atoms with Crippen LogP contribution in [0.4, 0.5) is 5.00 Å². The summed E-state index contributed by atoms with van der Waals surface area (Å²) in [5, 5.41) is 9.03.